The van der Waals surface area contributed by atoms with Crippen LogP contribution in [0.25, 0.3) is 5.69 Å². The highest BCUT2D eigenvalue weighted by atomic mass is 32.2. The summed E-state index contributed by atoms with van der Waals surface area (Å²) < 4.78 is 26.0. The van der Waals surface area contributed by atoms with E-state index < -0.39 is 15.9 Å². The molecule has 2 aliphatic rings. The Kier molecular flexibility index (Phi) is 4.55. The molecule has 6 nitrogen and oxygen atoms in total. The molecular weight excluding hydrogens is 398 g/mol. The number of pyridine rings is 1. The molecule has 0 spiro atoms. The molecule has 0 saturated heterocycles. The molecule has 30 heavy (non-hydrogen) atoms. The van der Waals surface area contributed by atoms with Gasteiger partial charge in [0.15, 0.2) is 9.84 Å². The number of benzene rings is 1. The van der Waals surface area contributed by atoms with Crippen LogP contribution in [0.4, 0.5) is 0 Å². The molecule has 2 atom stereocenters. The first-order valence-electron chi connectivity index (χ1n) is 9.87. The van der Waals surface area contributed by atoms with Gasteiger partial charge >= 0.3 is 0 Å². The third-order valence-electron chi connectivity index (χ3n) is 5.82. The van der Waals surface area contributed by atoms with Gasteiger partial charge in [0.2, 0.25) is 5.91 Å². The molecule has 1 aromatic carbocycles. The maximum atomic E-state index is 13.5. The van der Waals surface area contributed by atoms with E-state index in [1.807, 2.05) is 53.4 Å². The van der Waals surface area contributed by atoms with Gasteiger partial charge in [-0.1, -0.05) is 6.07 Å². The van der Waals surface area contributed by atoms with Gasteiger partial charge in [-0.15, -0.1) is 0 Å². The van der Waals surface area contributed by atoms with Crippen LogP contribution in [0.3, 0.4) is 0 Å². The Morgan fingerprint density at radius 1 is 1.13 bits per heavy atom. The van der Waals surface area contributed by atoms with Crippen molar-refractivity contribution in [3.8, 4) is 5.69 Å². The maximum Gasteiger partial charge on any atom is 0.231 e. The van der Waals surface area contributed by atoms with E-state index in [4.69, 9.17) is 0 Å². The van der Waals surface area contributed by atoms with Crippen molar-refractivity contribution in [3.63, 3.8) is 0 Å². The van der Waals surface area contributed by atoms with E-state index in [0.29, 0.717) is 13.0 Å². The van der Waals surface area contributed by atoms with Crippen molar-refractivity contribution in [2.24, 2.45) is 0 Å². The van der Waals surface area contributed by atoms with Crippen LogP contribution < -0.4 is 0 Å². The zero-order chi connectivity index (χ0) is 20.7. The van der Waals surface area contributed by atoms with Gasteiger partial charge in [0.05, 0.1) is 17.7 Å². The van der Waals surface area contributed by atoms with Crippen LogP contribution in [0.5, 0.6) is 0 Å². The van der Waals surface area contributed by atoms with Crippen LogP contribution in [0.1, 0.15) is 22.6 Å². The predicted molar refractivity (Wildman–Crippen MR) is 114 cm³/mol. The van der Waals surface area contributed by atoms with Crippen LogP contribution >= 0.6 is 0 Å². The molecule has 5 rings (SSSR count). The lowest BCUT2D eigenvalue weighted by Gasteiger charge is -2.36. The number of fused-ring (bicyclic) bond motifs is 1. The highest BCUT2D eigenvalue weighted by Gasteiger charge is 2.39. The van der Waals surface area contributed by atoms with Crippen LogP contribution in [-0.4, -0.2) is 40.6 Å². The Hall–Kier alpha value is -3.19. The molecule has 1 aliphatic carbocycles. The monoisotopic (exact) mass is 419 g/mol. The van der Waals surface area contributed by atoms with E-state index in [9.17, 15) is 13.2 Å². The number of hydrogen-bond acceptors (Lipinski definition) is 4. The first-order chi connectivity index (χ1) is 14.5. The zero-order valence-corrected chi connectivity index (χ0v) is 17.1. The fourth-order valence-electron chi connectivity index (χ4n) is 4.19. The molecule has 2 unspecified atom stereocenters. The van der Waals surface area contributed by atoms with Gasteiger partial charge in [0, 0.05) is 42.4 Å². The molecule has 1 aliphatic heterocycles. The molecule has 0 radical (unpaired) electrons. The third kappa shape index (κ3) is 3.45. The standard InChI is InChI=1S/C23H21N3O3S/c27-23(22-14-18-13-19(3-4-21(18)22)25-10-1-2-11-25)26(15-17-5-8-24-9-6-17)20-7-12-30(28,29)16-20/h1-13,20,22H,14-16H2. The second-order valence-electron chi connectivity index (χ2n) is 7.78. The number of nitrogens with zero attached hydrogens (tertiary/aromatic N) is 3. The summed E-state index contributed by atoms with van der Waals surface area (Å²) in [5.41, 5.74) is 4.19. The zero-order valence-electron chi connectivity index (χ0n) is 16.3. The Morgan fingerprint density at radius 2 is 1.90 bits per heavy atom. The molecular formula is C23H21N3O3S. The summed E-state index contributed by atoms with van der Waals surface area (Å²) >= 11 is 0. The van der Waals surface area contributed by atoms with Crippen molar-refractivity contribution >= 4 is 15.7 Å². The van der Waals surface area contributed by atoms with E-state index >= 15 is 0 Å². The lowest BCUT2D eigenvalue weighted by atomic mass is 9.76. The fourth-order valence-corrected chi connectivity index (χ4v) is 5.49. The average Bonchev–Trinajstić information content (AvgIpc) is 3.37. The summed E-state index contributed by atoms with van der Waals surface area (Å²) in [7, 11) is -3.26. The molecule has 0 saturated carbocycles. The van der Waals surface area contributed by atoms with Crippen LogP contribution in [0.15, 0.2) is 78.7 Å². The predicted octanol–water partition coefficient (Wildman–Crippen LogP) is 2.85. The van der Waals surface area contributed by atoms with Crippen LogP contribution in [-0.2, 0) is 27.6 Å². The maximum absolute atomic E-state index is 13.5. The van der Waals surface area contributed by atoms with Gasteiger partial charge in [-0.2, -0.15) is 0 Å². The third-order valence-corrected chi connectivity index (χ3v) is 7.20. The minimum Gasteiger partial charge on any atom is -0.330 e. The van der Waals surface area contributed by atoms with E-state index in [0.717, 1.165) is 22.4 Å². The quantitative estimate of drug-likeness (QED) is 0.638. The number of aromatic nitrogens is 2. The van der Waals surface area contributed by atoms with Gasteiger partial charge < -0.3 is 9.47 Å². The summed E-state index contributed by atoms with van der Waals surface area (Å²) in [4.78, 5) is 19.2. The molecule has 0 bridgehead atoms. The van der Waals surface area contributed by atoms with Gasteiger partial charge in [-0.3, -0.25) is 9.78 Å². The summed E-state index contributed by atoms with van der Waals surface area (Å²) in [5, 5.41) is 1.22. The Balaban J connectivity index is 1.41. The normalized spacial score (nSPS) is 21.1. The van der Waals surface area contributed by atoms with Gasteiger partial charge in [0.25, 0.3) is 0 Å². The first-order valence-corrected chi connectivity index (χ1v) is 11.6. The Labute approximate surface area is 175 Å². The number of sulfone groups is 1. The second-order valence-corrected chi connectivity index (χ2v) is 9.71. The van der Waals surface area contributed by atoms with Crippen molar-refractivity contribution in [3.05, 3.63) is 95.4 Å². The second kappa shape index (κ2) is 7.25. The Bertz CT molecular complexity index is 1220. The van der Waals surface area contributed by atoms with E-state index in [1.165, 1.54) is 5.41 Å². The average molecular weight is 420 g/mol. The molecule has 152 valence electrons. The minimum absolute atomic E-state index is 0.0280. The lowest BCUT2D eigenvalue weighted by Crippen LogP contribution is -2.45. The number of hydrogen-bond donors (Lipinski definition) is 0. The number of rotatable bonds is 5. The van der Waals surface area contributed by atoms with E-state index in [-0.39, 0.29) is 17.6 Å². The molecule has 0 N–H and O–H groups in total. The number of carbonyl (C=O) groups excluding carboxylic acids is 1. The van der Waals surface area contributed by atoms with Crippen molar-refractivity contribution < 1.29 is 13.2 Å². The minimum atomic E-state index is -3.26. The van der Waals surface area contributed by atoms with E-state index in [2.05, 4.69) is 11.1 Å². The highest BCUT2D eigenvalue weighted by molar-refractivity contribution is 7.94. The van der Waals surface area contributed by atoms with Crippen molar-refractivity contribution in [1.82, 2.24) is 14.5 Å². The summed E-state index contributed by atoms with van der Waals surface area (Å²) in [6, 6.07) is 13.4. The lowest BCUT2D eigenvalue weighted by molar-refractivity contribution is -0.135. The summed E-state index contributed by atoms with van der Waals surface area (Å²) in [6.45, 7) is 0.360. The molecule has 3 aromatic rings. The van der Waals surface area contributed by atoms with Gasteiger partial charge in [-0.25, -0.2) is 8.42 Å². The van der Waals surface area contributed by atoms with Crippen molar-refractivity contribution in [2.45, 2.75) is 24.9 Å². The highest BCUT2D eigenvalue weighted by Crippen LogP contribution is 2.38. The van der Waals surface area contributed by atoms with Crippen LogP contribution in [0.2, 0.25) is 0 Å². The number of carbonyl (C=O) groups is 1. The largest absolute Gasteiger partial charge is 0.330 e. The number of amides is 1. The summed E-state index contributed by atoms with van der Waals surface area (Å²) in [6.07, 6.45) is 9.64. The Morgan fingerprint density at radius 3 is 2.57 bits per heavy atom. The summed E-state index contributed by atoms with van der Waals surface area (Å²) in [5.74, 6) is -0.326. The molecule has 0 fully saturated rings. The van der Waals surface area contributed by atoms with E-state index in [1.54, 1.807) is 23.4 Å². The smallest absolute Gasteiger partial charge is 0.231 e. The first kappa shape index (κ1) is 18.8. The molecule has 3 heterocycles. The molecule has 7 heteroatoms. The van der Waals surface area contributed by atoms with Gasteiger partial charge in [0.1, 0.15) is 0 Å². The molecule has 1 amide bonds. The van der Waals surface area contributed by atoms with Crippen molar-refractivity contribution in [2.75, 3.05) is 5.75 Å². The molecule has 2 aromatic heterocycles. The fraction of sp³-hybridized carbons (Fsp3) is 0.217. The van der Waals surface area contributed by atoms with Crippen molar-refractivity contribution in [1.29, 1.82) is 0 Å². The topological polar surface area (TPSA) is 72.3 Å². The van der Waals surface area contributed by atoms with Gasteiger partial charge in [-0.05, 0) is 65.6 Å². The SMILES string of the molecule is O=C(C1Cc2cc(-n3cccc3)ccc21)N(Cc1ccncc1)C1C=CS(=O)(=O)C1. The van der Waals surface area contributed by atoms with Crippen LogP contribution in [0, 0.1) is 0 Å².